The van der Waals surface area contributed by atoms with E-state index in [4.69, 9.17) is 0 Å². The van der Waals surface area contributed by atoms with Crippen molar-refractivity contribution in [2.24, 2.45) is 0 Å². The Morgan fingerprint density at radius 3 is 2.83 bits per heavy atom. The monoisotopic (exact) mass is 309 g/mol. The van der Waals surface area contributed by atoms with Gasteiger partial charge in [-0.25, -0.2) is 0 Å². The zero-order valence-electron chi connectivity index (χ0n) is 13.3. The topological polar surface area (TPSA) is 62.3 Å². The highest BCUT2D eigenvalue weighted by molar-refractivity contribution is 6.05. The van der Waals surface area contributed by atoms with Gasteiger partial charge in [-0.3, -0.25) is 14.6 Å². The van der Waals surface area contributed by atoms with Crippen LogP contribution in [0.15, 0.2) is 36.7 Å². The summed E-state index contributed by atoms with van der Waals surface area (Å²) in [6, 6.07) is 7.69. The predicted molar refractivity (Wildman–Crippen MR) is 88.2 cm³/mol. The average molecular weight is 309 g/mol. The van der Waals surface area contributed by atoms with Crippen molar-refractivity contribution in [3.63, 3.8) is 0 Å². The molecule has 5 heteroatoms. The van der Waals surface area contributed by atoms with Crippen LogP contribution in [0, 0.1) is 6.92 Å². The molecule has 3 rings (SSSR count). The third-order valence-electron chi connectivity index (χ3n) is 4.11. The Kier molecular flexibility index (Phi) is 4.10. The lowest BCUT2D eigenvalue weighted by Crippen LogP contribution is -2.35. The van der Waals surface area contributed by atoms with Crippen LogP contribution in [0.25, 0.3) is 0 Å². The molecule has 1 aliphatic rings. The number of pyridine rings is 1. The number of nitrogens with zero attached hydrogens (tertiary/aromatic N) is 2. The van der Waals surface area contributed by atoms with Crippen LogP contribution >= 0.6 is 0 Å². The molecule has 23 heavy (non-hydrogen) atoms. The largest absolute Gasteiger partial charge is 0.338 e. The van der Waals surface area contributed by atoms with Crippen molar-refractivity contribution in [1.29, 1.82) is 0 Å². The summed E-state index contributed by atoms with van der Waals surface area (Å²) < 4.78 is 0. The number of carbonyl (C=O) groups is 2. The summed E-state index contributed by atoms with van der Waals surface area (Å²) >= 11 is 0. The van der Waals surface area contributed by atoms with Crippen molar-refractivity contribution in [1.82, 2.24) is 9.88 Å². The van der Waals surface area contributed by atoms with Crippen molar-refractivity contribution in [2.75, 3.05) is 11.9 Å². The average Bonchev–Trinajstić information content (AvgIpc) is 2.53. The third kappa shape index (κ3) is 3.23. The quantitative estimate of drug-likeness (QED) is 0.927. The standard InChI is InChI=1S/C18H19N3O2/c1-12-4-3-5-15(8-12)20-18(23)17-10-19-9-14-11-21(13(2)22)7-6-16(14)17/h3-5,8-10H,6-7,11H2,1-2H3,(H,20,23). The molecule has 1 N–H and O–H groups in total. The molecule has 1 aromatic carbocycles. The number of aromatic nitrogens is 1. The predicted octanol–water partition coefficient (Wildman–Crippen LogP) is 2.55. The first-order valence-electron chi connectivity index (χ1n) is 7.64. The van der Waals surface area contributed by atoms with Crippen molar-refractivity contribution in [3.8, 4) is 0 Å². The van der Waals surface area contributed by atoms with E-state index in [1.165, 1.54) is 0 Å². The first kappa shape index (κ1) is 15.2. The van der Waals surface area contributed by atoms with Gasteiger partial charge in [-0.1, -0.05) is 12.1 Å². The fraction of sp³-hybridized carbons (Fsp3) is 0.278. The number of amides is 2. The zero-order chi connectivity index (χ0) is 16.4. The molecule has 0 bridgehead atoms. The molecule has 1 aromatic heterocycles. The Hall–Kier alpha value is -2.69. The van der Waals surface area contributed by atoms with Crippen LogP contribution in [0.4, 0.5) is 5.69 Å². The van der Waals surface area contributed by atoms with Crippen LogP contribution < -0.4 is 5.32 Å². The Labute approximate surface area is 135 Å². The lowest BCUT2D eigenvalue weighted by molar-refractivity contribution is -0.129. The van der Waals surface area contributed by atoms with Crippen LogP contribution in [0.1, 0.15) is 34.0 Å². The SMILES string of the molecule is CC(=O)N1CCc2c(cncc2C(=O)Nc2cccc(C)c2)C1. The summed E-state index contributed by atoms with van der Waals surface area (Å²) in [7, 11) is 0. The lowest BCUT2D eigenvalue weighted by atomic mass is 9.96. The molecule has 0 aliphatic carbocycles. The highest BCUT2D eigenvalue weighted by Gasteiger charge is 2.23. The maximum Gasteiger partial charge on any atom is 0.257 e. The summed E-state index contributed by atoms with van der Waals surface area (Å²) in [4.78, 5) is 30.1. The van der Waals surface area contributed by atoms with Crippen LogP contribution in [0.5, 0.6) is 0 Å². The summed E-state index contributed by atoms with van der Waals surface area (Å²) in [6.07, 6.45) is 4.02. The molecule has 2 heterocycles. The van der Waals surface area contributed by atoms with E-state index >= 15 is 0 Å². The van der Waals surface area contributed by atoms with Crippen molar-refractivity contribution >= 4 is 17.5 Å². The van der Waals surface area contributed by atoms with E-state index < -0.39 is 0 Å². The molecule has 0 atom stereocenters. The van der Waals surface area contributed by atoms with Gasteiger partial charge in [0.15, 0.2) is 0 Å². The second-order valence-corrected chi connectivity index (χ2v) is 5.84. The van der Waals surface area contributed by atoms with Gasteiger partial charge in [-0.15, -0.1) is 0 Å². The lowest BCUT2D eigenvalue weighted by Gasteiger charge is -2.28. The van der Waals surface area contributed by atoms with Crippen LogP contribution in [-0.2, 0) is 17.8 Å². The van der Waals surface area contributed by atoms with Gasteiger partial charge in [-0.05, 0) is 42.2 Å². The first-order valence-corrected chi connectivity index (χ1v) is 7.64. The van der Waals surface area contributed by atoms with E-state index in [0.29, 0.717) is 25.1 Å². The molecule has 0 spiro atoms. The molecule has 0 unspecified atom stereocenters. The minimum absolute atomic E-state index is 0.0465. The van der Waals surface area contributed by atoms with E-state index in [9.17, 15) is 9.59 Å². The maximum atomic E-state index is 12.6. The minimum atomic E-state index is -0.156. The zero-order valence-corrected chi connectivity index (χ0v) is 13.3. The van der Waals surface area contributed by atoms with Gasteiger partial charge in [0.1, 0.15) is 0 Å². The fourth-order valence-corrected chi connectivity index (χ4v) is 2.88. The van der Waals surface area contributed by atoms with E-state index in [0.717, 1.165) is 22.4 Å². The van der Waals surface area contributed by atoms with Crippen LogP contribution in [0.3, 0.4) is 0 Å². The first-order chi connectivity index (χ1) is 11.0. The third-order valence-corrected chi connectivity index (χ3v) is 4.11. The van der Waals surface area contributed by atoms with Gasteiger partial charge < -0.3 is 10.2 Å². The van der Waals surface area contributed by atoms with Crippen molar-refractivity contribution < 1.29 is 9.59 Å². The molecule has 0 saturated carbocycles. The van der Waals surface area contributed by atoms with Gasteiger partial charge in [0.25, 0.3) is 5.91 Å². The highest BCUT2D eigenvalue weighted by atomic mass is 16.2. The number of anilines is 1. The van der Waals surface area contributed by atoms with Gasteiger partial charge in [0.2, 0.25) is 5.91 Å². The van der Waals surface area contributed by atoms with E-state index in [2.05, 4.69) is 10.3 Å². The Bertz CT molecular complexity index is 771. The van der Waals surface area contributed by atoms with E-state index in [1.54, 1.807) is 24.2 Å². The van der Waals surface area contributed by atoms with E-state index in [1.807, 2.05) is 31.2 Å². The number of rotatable bonds is 2. The number of benzene rings is 1. The number of aryl methyl sites for hydroxylation is 1. The Balaban J connectivity index is 1.85. The molecule has 0 saturated heterocycles. The smallest absolute Gasteiger partial charge is 0.257 e. The molecule has 0 fully saturated rings. The van der Waals surface area contributed by atoms with E-state index in [-0.39, 0.29) is 11.8 Å². The normalized spacial score (nSPS) is 13.4. The number of hydrogen-bond acceptors (Lipinski definition) is 3. The minimum Gasteiger partial charge on any atom is -0.338 e. The fourth-order valence-electron chi connectivity index (χ4n) is 2.88. The van der Waals surface area contributed by atoms with Crippen LogP contribution in [-0.4, -0.2) is 28.2 Å². The second kappa shape index (κ2) is 6.20. The number of nitrogens with one attached hydrogen (secondary N) is 1. The number of fused-ring (bicyclic) bond motifs is 1. The molecule has 2 amide bonds. The highest BCUT2D eigenvalue weighted by Crippen LogP contribution is 2.22. The number of carbonyl (C=O) groups excluding carboxylic acids is 2. The van der Waals surface area contributed by atoms with Gasteiger partial charge in [0.05, 0.1) is 5.56 Å². The van der Waals surface area contributed by atoms with Gasteiger partial charge >= 0.3 is 0 Å². The maximum absolute atomic E-state index is 12.6. The second-order valence-electron chi connectivity index (χ2n) is 5.84. The van der Waals surface area contributed by atoms with Crippen molar-refractivity contribution in [2.45, 2.75) is 26.8 Å². The molecule has 2 aromatic rings. The molecule has 1 aliphatic heterocycles. The molecule has 118 valence electrons. The molecule has 5 nitrogen and oxygen atoms in total. The molecule has 0 radical (unpaired) electrons. The van der Waals surface area contributed by atoms with Gasteiger partial charge in [0, 0.05) is 38.1 Å². The summed E-state index contributed by atoms with van der Waals surface area (Å²) in [6.45, 7) is 4.70. The Morgan fingerprint density at radius 2 is 2.09 bits per heavy atom. The van der Waals surface area contributed by atoms with Crippen molar-refractivity contribution in [3.05, 3.63) is 58.9 Å². The van der Waals surface area contributed by atoms with Crippen LogP contribution in [0.2, 0.25) is 0 Å². The summed E-state index contributed by atoms with van der Waals surface area (Å²) in [5, 5.41) is 2.92. The number of hydrogen-bond donors (Lipinski definition) is 1. The van der Waals surface area contributed by atoms with Gasteiger partial charge in [-0.2, -0.15) is 0 Å². The summed E-state index contributed by atoms with van der Waals surface area (Å²) in [5.74, 6) is -0.110. The summed E-state index contributed by atoms with van der Waals surface area (Å²) in [5.41, 5.74) is 4.39. The Morgan fingerprint density at radius 1 is 1.26 bits per heavy atom. The molecular weight excluding hydrogens is 290 g/mol. The molecular formula is C18H19N3O2.